The van der Waals surface area contributed by atoms with Crippen LogP contribution in [0.3, 0.4) is 0 Å². The topological polar surface area (TPSA) is 82.2 Å². The Morgan fingerprint density at radius 3 is 2.79 bits per heavy atom. The number of aliphatic hydroxyl groups is 1. The first-order valence-corrected chi connectivity index (χ1v) is 11.7. The second-order valence-corrected chi connectivity index (χ2v) is 9.27. The van der Waals surface area contributed by atoms with Crippen LogP contribution < -0.4 is 5.56 Å². The number of hydrogen-bond acceptors (Lipinski definition) is 5. The second-order valence-electron chi connectivity index (χ2n) is 8.86. The van der Waals surface area contributed by atoms with Crippen LogP contribution in [0.5, 0.6) is 0 Å². The van der Waals surface area contributed by atoms with Gasteiger partial charge in [0, 0.05) is 43.2 Å². The van der Waals surface area contributed by atoms with Crippen molar-refractivity contribution in [3.05, 3.63) is 81.6 Å². The van der Waals surface area contributed by atoms with Crippen LogP contribution in [0, 0.1) is 0 Å². The maximum atomic E-state index is 13.6. The van der Waals surface area contributed by atoms with Crippen molar-refractivity contribution >= 4 is 44.3 Å². The molecule has 0 amide bonds. The minimum absolute atomic E-state index is 0.159. The number of aryl methyl sites for hydroxylation is 1. The first-order chi connectivity index (χ1) is 16.5. The summed E-state index contributed by atoms with van der Waals surface area (Å²) in [5.41, 5.74) is 3.33. The van der Waals surface area contributed by atoms with Crippen LogP contribution in [0.25, 0.3) is 32.7 Å². The Morgan fingerprint density at radius 1 is 1.15 bits per heavy atom. The van der Waals surface area contributed by atoms with Crippen molar-refractivity contribution < 1.29 is 9.84 Å². The summed E-state index contributed by atoms with van der Waals surface area (Å²) in [7, 11) is 1.96. The van der Waals surface area contributed by atoms with E-state index >= 15 is 0 Å². The van der Waals surface area contributed by atoms with E-state index in [4.69, 9.17) is 16.3 Å². The smallest absolute Gasteiger partial charge is 0.261 e. The largest absolute Gasteiger partial charge is 0.389 e. The van der Waals surface area contributed by atoms with Crippen LogP contribution in [-0.2, 0) is 18.2 Å². The molecule has 1 saturated heterocycles. The molecule has 0 spiro atoms. The van der Waals surface area contributed by atoms with Gasteiger partial charge in [0.15, 0.2) is 0 Å². The molecule has 1 fully saturated rings. The summed E-state index contributed by atoms with van der Waals surface area (Å²) < 4.78 is 8.87. The number of aromatic nitrogens is 4. The van der Waals surface area contributed by atoms with E-state index in [9.17, 15) is 9.90 Å². The monoisotopic (exact) mass is 474 g/mol. The molecule has 0 saturated carbocycles. The summed E-state index contributed by atoms with van der Waals surface area (Å²) in [5, 5.41) is 14.5. The fraction of sp³-hybridized carbons (Fsp3) is 0.269. The van der Waals surface area contributed by atoms with Crippen LogP contribution >= 0.6 is 11.6 Å². The molecule has 1 N–H and O–H groups in total. The molecule has 7 nitrogen and oxygen atoms in total. The van der Waals surface area contributed by atoms with Gasteiger partial charge in [-0.2, -0.15) is 0 Å². The fourth-order valence-corrected chi connectivity index (χ4v) is 5.30. The predicted molar refractivity (Wildman–Crippen MR) is 133 cm³/mol. The minimum Gasteiger partial charge on any atom is -0.389 e. The SMILES string of the molecule is Cn1ccc2c(Cc3cc4c(=O)n([C@H]5CCOC[C@@H]5O)cnc4c4ccccc34)c(Cl)cnc21. The number of benzene rings is 2. The molecule has 0 bridgehead atoms. The average molecular weight is 475 g/mol. The van der Waals surface area contributed by atoms with Gasteiger partial charge in [0.1, 0.15) is 5.65 Å². The molecule has 2 aromatic carbocycles. The quantitative estimate of drug-likeness (QED) is 0.400. The Bertz CT molecular complexity index is 1620. The zero-order valence-corrected chi connectivity index (χ0v) is 19.4. The molecular weight excluding hydrogens is 452 g/mol. The van der Waals surface area contributed by atoms with Crippen LogP contribution in [0.2, 0.25) is 5.02 Å². The molecule has 1 aliphatic heterocycles. The Labute approximate surface area is 200 Å². The van der Waals surface area contributed by atoms with Crippen molar-refractivity contribution in [2.24, 2.45) is 7.05 Å². The summed E-state index contributed by atoms with van der Waals surface area (Å²) in [6, 6.07) is 11.6. The highest BCUT2D eigenvalue weighted by Gasteiger charge is 2.27. The van der Waals surface area contributed by atoms with Crippen molar-refractivity contribution in [2.75, 3.05) is 13.2 Å². The van der Waals surface area contributed by atoms with E-state index in [1.165, 1.54) is 0 Å². The highest BCUT2D eigenvalue weighted by Crippen LogP contribution is 2.32. The van der Waals surface area contributed by atoms with E-state index < -0.39 is 6.10 Å². The number of hydrogen-bond donors (Lipinski definition) is 1. The molecule has 2 atom stereocenters. The average Bonchev–Trinajstić information content (AvgIpc) is 3.23. The molecule has 6 rings (SSSR count). The Balaban J connectivity index is 1.58. The van der Waals surface area contributed by atoms with Crippen molar-refractivity contribution in [1.82, 2.24) is 19.1 Å². The van der Waals surface area contributed by atoms with Crippen LogP contribution in [-0.4, -0.2) is 43.5 Å². The lowest BCUT2D eigenvalue weighted by atomic mass is 9.95. The van der Waals surface area contributed by atoms with Crippen LogP contribution in [0.1, 0.15) is 23.6 Å². The summed E-state index contributed by atoms with van der Waals surface area (Å²) in [4.78, 5) is 22.8. The third-order valence-electron chi connectivity index (χ3n) is 6.85. The Hall–Kier alpha value is -3.26. The van der Waals surface area contributed by atoms with Gasteiger partial charge in [0.2, 0.25) is 0 Å². The third-order valence-corrected chi connectivity index (χ3v) is 7.17. The van der Waals surface area contributed by atoms with Crippen molar-refractivity contribution in [3.63, 3.8) is 0 Å². The number of rotatable bonds is 3. The van der Waals surface area contributed by atoms with Crippen LogP contribution in [0.4, 0.5) is 0 Å². The van der Waals surface area contributed by atoms with Gasteiger partial charge in [-0.3, -0.25) is 9.36 Å². The van der Waals surface area contributed by atoms with E-state index in [-0.39, 0.29) is 18.2 Å². The van der Waals surface area contributed by atoms with Gasteiger partial charge >= 0.3 is 0 Å². The molecule has 0 radical (unpaired) electrons. The number of fused-ring (bicyclic) bond motifs is 4. The van der Waals surface area contributed by atoms with E-state index in [1.807, 2.05) is 48.1 Å². The molecule has 8 heteroatoms. The molecule has 1 aliphatic rings. The lowest BCUT2D eigenvalue weighted by Gasteiger charge is -2.29. The van der Waals surface area contributed by atoms with E-state index in [1.54, 1.807) is 17.1 Å². The summed E-state index contributed by atoms with van der Waals surface area (Å²) in [6.45, 7) is 0.717. The number of pyridine rings is 1. The maximum Gasteiger partial charge on any atom is 0.261 e. The predicted octanol–water partition coefficient (Wildman–Crippen LogP) is 4.00. The molecule has 3 aromatic heterocycles. The van der Waals surface area contributed by atoms with Gasteiger partial charge in [-0.25, -0.2) is 9.97 Å². The highest BCUT2D eigenvalue weighted by molar-refractivity contribution is 6.32. The van der Waals surface area contributed by atoms with E-state index in [0.717, 1.165) is 32.9 Å². The molecular formula is C26H23ClN4O3. The first-order valence-electron chi connectivity index (χ1n) is 11.3. The zero-order valence-electron chi connectivity index (χ0n) is 18.6. The van der Waals surface area contributed by atoms with Gasteiger partial charge in [-0.1, -0.05) is 35.9 Å². The maximum absolute atomic E-state index is 13.6. The lowest BCUT2D eigenvalue weighted by Crippen LogP contribution is -2.39. The summed E-state index contributed by atoms with van der Waals surface area (Å²) in [5.74, 6) is 0. The Morgan fingerprint density at radius 2 is 1.97 bits per heavy atom. The molecule has 4 heterocycles. The van der Waals surface area contributed by atoms with Crippen molar-refractivity contribution in [1.29, 1.82) is 0 Å². The highest BCUT2D eigenvalue weighted by atomic mass is 35.5. The van der Waals surface area contributed by atoms with E-state index in [2.05, 4.69) is 16.0 Å². The van der Waals surface area contributed by atoms with E-state index in [0.29, 0.717) is 35.4 Å². The van der Waals surface area contributed by atoms with Gasteiger partial charge in [-0.15, -0.1) is 0 Å². The minimum atomic E-state index is -0.743. The standard InChI is InChI=1S/C26H23ClN4O3/c1-30-8-6-18-19(21(27)12-28-25(18)30)10-15-11-20-24(17-5-3-2-4-16(15)17)29-14-31(26(20)33)22-7-9-34-13-23(22)32/h2-6,8,11-12,14,22-23,32H,7,9-10,13H2,1H3/t22-,23-/m0/s1. The molecule has 0 unspecified atom stereocenters. The number of halogens is 1. The van der Waals surface area contributed by atoms with Gasteiger partial charge in [-0.05, 0) is 35.1 Å². The second kappa shape index (κ2) is 8.20. The number of ether oxygens (including phenoxy) is 1. The fourth-order valence-electron chi connectivity index (χ4n) is 5.08. The van der Waals surface area contributed by atoms with Gasteiger partial charge in [0.05, 0.1) is 41.0 Å². The van der Waals surface area contributed by atoms with Crippen LogP contribution in [0.15, 0.2) is 59.9 Å². The molecule has 0 aliphatic carbocycles. The first kappa shape index (κ1) is 21.3. The van der Waals surface area contributed by atoms with Gasteiger partial charge < -0.3 is 14.4 Å². The summed E-state index contributed by atoms with van der Waals surface area (Å²) >= 11 is 6.62. The summed E-state index contributed by atoms with van der Waals surface area (Å²) in [6.07, 6.45) is 5.58. The Kier molecular flexibility index (Phi) is 5.13. The zero-order chi connectivity index (χ0) is 23.4. The normalized spacial score (nSPS) is 18.8. The molecule has 172 valence electrons. The molecule has 34 heavy (non-hydrogen) atoms. The number of nitrogens with zero attached hydrogens (tertiary/aromatic N) is 4. The van der Waals surface area contributed by atoms with Gasteiger partial charge in [0.25, 0.3) is 5.56 Å². The molecule has 5 aromatic rings. The van der Waals surface area contributed by atoms with Crippen molar-refractivity contribution in [2.45, 2.75) is 25.0 Å². The van der Waals surface area contributed by atoms with Crippen molar-refractivity contribution in [3.8, 4) is 0 Å². The third kappa shape index (κ3) is 3.31. The lowest BCUT2D eigenvalue weighted by molar-refractivity contribution is -0.0395. The number of aliphatic hydroxyl groups excluding tert-OH is 1.